The van der Waals surface area contributed by atoms with Crippen molar-refractivity contribution >= 4 is 22.9 Å². The molecule has 1 N–H and O–H groups in total. The van der Waals surface area contributed by atoms with Gasteiger partial charge in [-0.1, -0.05) is 18.5 Å². The van der Waals surface area contributed by atoms with Gasteiger partial charge in [0.05, 0.1) is 4.34 Å². The van der Waals surface area contributed by atoms with Crippen molar-refractivity contribution in [3.05, 3.63) is 21.3 Å². The number of likely N-dealkylation sites (N-methyl/N-ethyl adjacent to an activating group) is 1. The van der Waals surface area contributed by atoms with Crippen LogP contribution in [0.3, 0.4) is 0 Å². The van der Waals surface area contributed by atoms with E-state index in [1.54, 1.807) is 11.3 Å². The Labute approximate surface area is 108 Å². The van der Waals surface area contributed by atoms with E-state index in [2.05, 4.69) is 44.2 Å². The van der Waals surface area contributed by atoms with Crippen molar-refractivity contribution in [2.24, 2.45) is 0 Å². The third kappa shape index (κ3) is 4.06. The van der Waals surface area contributed by atoms with Crippen molar-refractivity contribution in [2.75, 3.05) is 20.6 Å². The van der Waals surface area contributed by atoms with E-state index in [1.807, 2.05) is 6.07 Å². The van der Waals surface area contributed by atoms with Crippen molar-refractivity contribution in [1.82, 2.24) is 10.2 Å². The first kappa shape index (κ1) is 14.0. The Morgan fingerprint density at radius 1 is 1.44 bits per heavy atom. The molecule has 0 aromatic carbocycles. The molecule has 0 aliphatic carbocycles. The fourth-order valence-corrected chi connectivity index (χ4v) is 2.75. The number of rotatable bonds is 6. The zero-order valence-electron chi connectivity index (χ0n) is 10.5. The molecule has 0 amide bonds. The highest BCUT2D eigenvalue weighted by Gasteiger charge is 2.12. The normalized spacial score (nSPS) is 15.4. The highest BCUT2D eigenvalue weighted by atomic mass is 35.5. The molecule has 2 nitrogen and oxygen atoms in total. The number of halogens is 1. The first-order valence-electron chi connectivity index (χ1n) is 5.69. The Morgan fingerprint density at radius 2 is 2.12 bits per heavy atom. The largest absolute Gasteiger partial charge is 0.308 e. The van der Waals surface area contributed by atoms with Crippen LogP contribution in [0.2, 0.25) is 4.34 Å². The van der Waals surface area contributed by atoms with Crippen molar-refractivity contribution in [3.63, 3.8) is 0 Å². The maximum Gasteiger partial charge on any atom is 0.0931 e. The molecule has 1 rings (SSSR count). The maximum atomic E-state index is 5.93. The molecular weight excluding hydrogens is 240 g/mol. The number of hydrogen-bond donors (Lipinski definition) is 1. The van der Waals surface area contributed by atoms with Crippen molar-refractivity contribution in [1.29, 1.82) is 0 Å². The first-order chi connectivity index (χ1) is 7.54. The Balaban J connectivity index is 2.43. The van der Waals surface area contributed by atoms with Crippen LogP contribution < -0.4 is 5.32 Å². The molecule has 0 fully saturated rings. The summed E-state index contributed by atoms with van der Waals surface area (Å²) >= 11 is 7.58. The lowest BCUT2D eigenvalue weighted by Gasteiger charge is -2.25. The lowest BCUT2D eigenvalue weighted by Crippen LogP contribution is -2.38. The topological polar surface area (TPSA) is 15.3 Å². The van der Waals surface area contributed by atoms with Crippen LogP contribution in [-0.2, 0) is 0 Å². The molecule has 0 aliphatic heterocycles. The van der Waals surface area contributed by atoms with Gasteiger partial charge in [0.25, 0.3) is 0 Å². The molecule has 0 bridgehead atoms. The number of nitrogens with one attached hydrogen (secondary N) is 1. The lowest BCUT2D eigenvalue weighted by atomic mass is 10.2. The van der Waals surface area contributed by atoms with Gasteiger partial charge in [0.1, 0.15) is 0 Å². The van der Waals surface area contributed by atoms with Gasteiger partial charge in [-0.05, 0) is 39.6 Å². The van der Waals surface area contributed by atoms with E-state index in [0.29, 0.717) is 12.1 Å². The number of hydrogen-bond acceptors (Lipinski definition) is 3. The summed E-state index contributed by atoms with van der Waals surface area (Å²) in [5.41, 5.74) is 0. The summed E-state index contributed by atoms with van der Waals surface area (Å²) in [6.07, 6.45) is 1.16. The summed E-state index contributed by atoms with van der Waals surface area (Å²) in [6.45, 7) is 5.42. The highest BCUT2D eigenvalue weighted by Crippen LogP contribution is 2.26. The summed E-state index contributed by atoms with van der Waals surface area (Å²) in [6, 6.07) is 5.04. The molecule has 0 radical (unpaired) electrons. The van der Waals surface area contributed by atoms with Gasteiger partial charge in [-0.3, -0.25) is 0 Å². The van der Waals surface area contributed by atoms with Crippen LogP contribution in [0.5, 0.6) is 0 Å². The van der Waals surface area contributed by atoms with Gasteiger partial charge in [-0.15, -0.1) is 11.3 Å². The smallest absolute Gasteiger partial charge is 0.0931 e. The van der Waals surface area contributed by atoms with Gasteiger partial charge in [-0.2, -0.15) is 0 Å². The predicted octanol–water partition coefficient (Wildman–Crippen LogP) is 3.39. The third-order valence-corrected chi connectivity index (χ3v) is 4.30. The van der Waals surface area contributed by atoms with Crippen LogP contribution in [0.25, 0.3) is 0 Å². The van der Waals surface area contributed by atoms with Gasteiger partial charge >= 0.3 is 0 Å². The van der Waals surface area contributed by atoms with Crippen LogP contribution in [-0.4, -0.2) is 31.6 Å². The molecule has 1 aromatic heterocycles. The summed E-state index contributed by atoms with van der Waals surface area (Å²) in [5.74, 6) is 0. The molecule has 2 unspecified atom stereocenters. The van der Waals surface area contributed by atoms with E-state index in [1.165, 1.54) is 4.88 Å². The van der Waals surface area contributed by atoms with Gasteiger partial charge < -0.3 is 10.2 Å². The van der Waals surface area contributed by atoms with E-state index in [9.17, 15) is 0 Å². The monoisotopic (exact) mass is 260 g/mol. The average molecular weight is 261 g/mol. The second-order valence-corrected chi connectivity index (χ2v) is 6.04. The van der Waals surface area contributed by atoms with Gasteiger partial charge in [-0.25, -0.2) is 0 Å². The van der Waals surface area contributed by atoms with E-state index in [4.69, 9.17) is 11.6 Å². The van der Waals surface area contributed by atoms with E-state index < -0.39 is 0 Å². The first-order valence-corrected chi connectivity index (χ1v) is 6.89. The standard InChI is InChI=1S/C12H21ClN2S/c1-5-10(15(3)4)8-14-9(2)11-6-7-12(13)16-11/h6-7,9-10,14H,5,8H2,1-4H3. The number of nitrogens with zero attached hydrogens (tertiary/aromatic N) is 1. The minimum Gasteiger partial charge on any atom is -0.308 e. The van der Waals surface area contributed by atoms with E-state index in [0.717, 1.165) is 17.3 Å². The quantitative estimate of drug-likeness (QED) is 0.844. The molecule has 0 saturated carbocycles. The minimum absolute atomic E-state index is 0.381. The van der Waals surface area contributed by atoms with Crippen molar-refractivity contribution < 1.29 is 0 Å². The molecule has 0 spiro atoms. The Morgan fingerprint density at radius 3 is 2.56 bits per heavy atom. The van der Waals surface area contributed by atoms with Crippen LogP contribution in [0.1, 0.15) is 31.2 Å². The summed E-state index contributed by atoms with van der Waals surface area (Å²) in [7, 11) is 4.26. The zero-order chi connectivity index (χ0) is 12.1. The zero-order valence-corrected chi connectivity index (χ0v) is 12.0. The molecule has 2 atom stereocenters. The average Bonchev–Trinajstić information content (AvgIpc) is 2.65. The van der Waals surface area contributed by atoms with E-state index in [-0.39, 0.29) is 0 Å². The van der Waals surface area contributed by atoms with Gasteiger partial charge in [0.15, 0.2) is 0 Å². The van der Waals surface area contributed by atoms with Crippen LogP contribution in [0.4, 0.5) is 0 Å². The molecule has 4 heteroatoms. The Hall–Kier alpha value is -0.0900. The number of thiophene rings is 1. The summed E-state index contributed by atoms with van der Waals surface area (Å²) < 4.78 is 0.864. The predicted molar refractivity (Wildman–Crippen MR) is 73.5 cm³/mol. The van der Waals surface area contributed by atoms with Crippen molar-refractivity contribution in [3.8, 4) is 0 Å². The van der Waals surface area contributed by atoms with E-state index >= 15 is 0 Å². The molecule has 16 heavy (non-hydrogen) atoms. The molecule has 92 valence electrons. The highest BCUT2D eigenvalue weighted by molar-refractivity contribution is 7.16. The van der Waals surface area contributed by atoms with Crippen LogP contribution >= 0.6 is 22.9 Å². The fraction of sp³-hybridized carbons (Fsp3) is 0.667. The van der Waals surface area contributed by atoms with Gasteiger partial charge in [0.2, 0.25) is 0 Å². The second kappa shape index (κ2) is 6.60. The van der Waals surface area contributed by atoms with Crippen LogP contribution in [0.15, 0.2) is 12.1 Å². The summed E-state index contributed by atoms with van der Waals surface area (Å²) in [5, 5.41) is 3.55. The molecule has 1 aromatic rings. The molecular formula is C12H21ClN2S. The fourth-order valence-electron chi connectivity index (χ4n) is 1.67. The Bertz CT molecular complexity index is 312. The third-order valence-electron chi connectivity index (χ3n) is 2.88. The molecule has 0 aliphatic rings. The minimum atomic E-state index is 0.381. The SMILES string of the molecule is CCC(CNC(C)c1ccc(Cl)s1)N(C)C. The second-order valence-electron chi connectivity index (χ2n) is 4.30. The van der Waals surface area contributed by atoms with Gasteiger partial charge in [0, 0.05) is 23.5 Å². The summed E-state index contributed by atoms with van der Waals surface area (Å²) in [4.78, 5) is 3.57. The van der Waals surface area contributed by atoms with Crippen LogP contribution in [0, 0.1) is 0 Å². The lowest BCUT2D eigenvalue weighted by molar-refractivity contribution is 0.270. The molecule has 1 heterocycles. The molecule has 0 saturated heterocycles. The Kier molecular flexibility index (Phi) is 5.76. The van der Waals surface area contributed by atoms with Crippen molar-refractivity contribution in [2.45, 2.75) is 32.4 Å². The maximum absolute atomic E-state index is 5.93.